The summed E-state index contributed by atoms with van der Waals surface area (Å²) in [6, 6.07) is 19.8. The van der Waals surface area contributed by atoms with Crippen LogP contribution in [-0.2, 0) is 4.79 Å². The Morgan fingerprint density at radius 2 is 1.50 bits per heavy atom. The van der Waals surface area contributed by atoms with Crippen LogP contribution in [-0.4, -0.2) is 33.1 Å². The summed E-state index contributed by atoms with van der Waals surface area (Å²) in [5, 5.41) is 5.75. The van der Waals surface area contributed by atoms with Crippen molar-refractivity contribution in [1.29, 1.82) is 0 Å². The van der Waals surface area contributed by atoms with Crippen LogP contribution in [0.25, 0.3) is 6.08 Å². The third-order valence-electron chi connectivity index (χ3n) is 5.23. The second-order valence-electron chi connectivity index (χ2n) is 7.40. The molecule has 2 N–H and O–H groups in total. The highest BCUT2D eigenvalue weighted by atomic mass is 16.5. The molecule has 0 aromatic heterocycles. The third-order valence-corrected chi connectivity index (χ3v) is 5.23. The van der Waals surface area contributed by atoms with Crippen molar-refractivity contribution < 1.29 is 23.8 Å². The van der Waals surface area contributed by atoms with E-state index in [9.17, 15) is 9.59 Å². The molecule has 3 aromatic rings. The van der Waals surface area contributed by atoms with E-state index in [0.717, 1.165) is 5.56 Å². The van der Waals surface area contributed by atoms with E-state index in [1.54, 1.807) is 42.5 Å². The molecule has 2 amide bonds. The predicted molar refractivity (Wildman–Crippen MR) is 133 cm³/mol. The topological polar surface area (TPSA) is 85.9 Å². The number of hydrogen-bond donors (Lipinski definition) is 2. The zero-order valence-electron chi connectivity index (χ0n) is 19.6. The largest absolute Gasteiger partial charge is 0.493 e. The Labute approximate surface area is 199 Å². The first-order valence-corrected chi connectivity index (χ1v) is 10.7. The summed E-state index contributed by atoms with van der Waals surface area (Å²) >= 11 is 0. The highest BCUT2D eigenvalue weighted by Crippen LogP contribution is 2.40. The van der Waals surface area contributed by atoms with Gasteiger partial charge in [-0.2, -0.15) is 0 Å². The van der Waals surface area contributed by atoms with E-state index in [4.69, 9.17) is 14.2 Å². The zero-order valence-corrected chi connectivity index (χ0v) is 19.6. The van der Waals surface area contributed by atoms with Crippen molar-refractivity contribution in [1.82, 2.24) is 5.32 Å². The number of anilines is 1. The lowest BCUT2D eigenvalue weighted by atomic mass is 10.1. The number of carbonyl (C=O) groups is 2. The molecule has 7 nitrogen and oxygen atoms in total. The van der Waals surface area contributed by atoms with Crippen LogP contribution in [0, 0.1) is 0 Å². The van der Waals surface area contributed by atoms with E-state index >= 15 is 0 Å². The Morgan fingerprint density at radius 3 is 2.18 bits per heavy atom. The van der Waals surface area contributed by atoms with Crippen LogP contribution >= 0.6 is 0 Å². The molecule has 3 rings (SSSR count). The van der Waals surface area contributed by atoms with E-state index in [1.165, 1.54) is 27.4 Å². The van der Waals surface area contributed by atoms with Crippen molar-refractivity contribution >= 4 is 23.6 Å². The van der Waals surface area contributed by atoms with Gasteiger partial charge in [0.25, 0.3) is 5.91 Å². The van der Waals surface area contributed by atoms with Crippen LogP contribution in [0.3, 0.4) is 0 Å². The molecule has 0 saturated heterocycles. The first-order valence-electron chi connectivity index (χ1n) is 10.7. The normalized spacial score (nSPS) is 11.5. The van der Waals surface area contributed by atoms with E-state index in [0.29, 0.717) is 34.1 Å². The molecule has 0 radical (unpaired) electrons. The highest BCUT2D eigenvalue weighted by molar-refractivity contribution is 6.07. The van der Waals surface area contributed by atoms with Gasteiger partial charge in [0.1, 0.15) is 0 Å². The maximum Gasteiger partial charge on any atom is 0.253 e. The number of para-hydroxylation sites is 1. The van der Waals surface area contributed by atoms with Crippen LogP contribution in [0.2, 0.25) is 0 Å². The molecule has 0 aliphatic carbocycles. The number of benzene rings is 3. The van der Waals surface area contributed by atoms with Crippen LogP contribution in [0.4, 0.5) is 5.69 Å². The first-order chi connectivity index (χ1) is 16.5. The average Bonchev–Trinajstić information content (AvgIpc) is 2.87. The van der Waals surface area contributed by atoms with E-state index in [-0.39, 0.29) is 11.9 Å². The lowest BCUT2D eigenvalue weighted by Gasteiger charge is -2.16. The van der Waals surface area contributed by atoms with Crippen molar-refractivity contribution in [2.45, 2.75) is 13.0 Å². The Hall–Kier alpha value is -4.26. The Morgan fingerprint density at radius 1 is 0.824 bits per heavy atom. The molecule has 7 heteroatoms. The van der Waals surface area contributed by atoms with Crippen molar-refractivity contribution in [3.05, 3.63) is 89.5 Å². The van der Waals surface area contributed by atoms with Crippen molar-refractivity contribution in [3.8, 4) is 17.2 Å². The maximum absolute atomic E-state index is 12.9. The quantitative estimate of drug-likeness (QED) is 0.446. The Kier molecular flexibility index (Phi) is 8.29. The molecule has 0 aliphatic heterocycles. The lowest BCUT2D eigenvalue weighted by molar-refractivity contribution is -0.111. The fourth-order valence-corrected chi connectivity index (χ4v) is 3.49. The molecule has 0 saturated carbocycles. The molecule has 3 aromatic carbocycles. The van der Waals surface area contributed by atoms with Gasteiger partial charge in [0.15, 0.2) is 11.5 Å². The molecule has 0 fully saturated rings. The molecule has 0 heterocycles. The maximum atomic E-state index is 12.9. The van der Waals surface area contributed by atoms with Gasteiger partial charge in [0.05, 0.1) is 38.6 Å². The summed E-state index contributed by atoms with van der Waals surface area (Å²) < 4.78 is 16.1. The van der Waals surface area contributed by atoms with Crippen molar-refractivity contribution in [2.75, 3.05) is 26.6 Å². The molecular formula is C27H28N2O5. The minimum atomic E-state index is -0.395. The second-order valence-corrected chi connectivity index (χ2v) is 7.40. The number of nitrogens with one attached hydrogen (secondary N) is 2. The molecular weight excluding hydrogens is 432 g/mol. The minimum Gasteiger partial charge on any atom is -0.493 e. The fourth-order valence-electron chi connectivity index (χ4n) is 3.49. The number of amides is 2. The number of rotatable bonds is 9. The fraction of sp³-hybridized carbons (Fsp3) is 0.185. The SMILES string of the molecule is COc1ccc(/C=C/C(=O)Nc2ccccc2C(=O)N[C@@H](C)c2ccccc2)c(OC)c1OC. The standard InChI is InChI=1S/C27H28N2O5/c1-18(19-10-6-5-7-11-19)28-27(31)21-12-8-9-13-22(21)29-24(30)17-15-20-14-16-23(32-2)26(34-4)25(20)33-3/h5-18H,1-4H3,(H,28,31)(H,29,30)/b17-15+/t18-/m0/s1. The van der Waals surface area contributed by atoms with Gasteiger partial charge < -0.3 is 24.8 Å². The van der Waals surface area contributed by atoms with Gasteiger partial charge in [0, 0.05) is 11.6 Å². The molecule has 0 aliphatic rings. The summed E-state index contributed by atoms with van der Waals surface area (Å²) in [5.74, 6) is 0.722. The average molecular weight is 461 g/mol. The summed E-state index contributed by atoms with van der Waals surface area (Å²) in [7, 11) is 4.57. The van der Waals surface area contributed by atoms with Gasteiger partial charge in [-0.25, -0.2) is 0 Å². The van der Waals surface area contributed by atoms with Gasteiger partial charge in [-0.3, -0.25) is 9.59 Å². The number of ether oxygens (including phenoxy) is 3. The Bertz CT molecular complexity index is 1170. The van der Waals surface area contributed by atoms with Crippen LogP contribution in [0.1, 0.15) is 34.5 Å². The van der Waals surface area contributed by atoms with Crippen molar-refractivity contribution in [3.63, 3.8) is 0 Å². The highest BCUT2D eigenvalue weighted by Gasteiger charge is 2.17. The van der Waals surface area contributed by atoms with E-state index < -0.39 is 5.91 Å². The molecule has 1 atom stereocenters. The summed E-state index contributed by atoms with van der Waals surface area (Å²) in [4.78, 5) is 25.6. The van der Waals surface area contributed by atoms with Gasteiger partial charge in [-0.15, -0.1) is 0 Å². The monoisotopic (exact) mass is 460 g/mol. The Balaban J connectivity index is 1.75. The van der Waals surface area contributed by atoms with Gasteiger partial charge in [-0.05, 0) is 42.8 Å². The molecule has 0 unspecified atom stereocenters. The van der Waals surface area contributed by atoms with E-state index in [1.807, 2.05) is 37.3 Å². The van der Waals surface area contributed by atoms with Crippen LogP contribution in [0.15, 0.2) is 72.8 Å². The van der Waals surface area contributed by atoms with Gasteiger partial charge in [0.2, 0.25) is 11.7 Å². The van der Waals surface area contributed by atoms with E-state index in [2.05, 4.69) is 10.6 Å². The smallest absolute Gasteiger partial charge is 0.253 e. The molecule has 0 spiro atoms. The first kappa shape index (κ1) is 24.4. The summed E-state index contributed by atoms with van der Waals surface area (Å²) in [6.45, 7) is 1.91. The second kappa shape index (κ2) is 11.6. The number of methoxy groups -OCH3 is 3. The molecule has 0 bridgehead atoms. The van der Waals surface area contributed by atoms with Gasteiger partial charge >= 0.3 is 0 Å². The van der Waals surface area contributed by atoms with Crippen molar-refractivity contribution in [2.24, 2.45) is 0 Å². The van der Waals surface area contributed by atoms with Gasteiger partial charge in [-0.1, -0.05) is 42.5 Å². The van der Waals surface area contributed by atoms with Crippen LogP contribution < -0.4 is 24.8 Å². The molecule has 176 valence electrons. The summed E-state index contributed by atoms with van der Waals surface area (Å²) in [6.07, 6.45) is 2.97. The predicted octanol–water partition coefficient (Wildman–Crippen LogP) is 4.86. The molecule has 34 heavy (non-hydrogen) atoms. The lowest BCUT2D eigenvalue weighted by Crippen LogP contribution is -2.27. The third kappa shape index (κ3) is 5.75. The van der Waals surface area contributed by atoms with Crippen LogP contribution in [0.5, 0.6) is 17.2 Å². The number of carbonyl (C=O) groups excluding carboxylic acids is 2. The summed E-state index contributed by atoms with van der Waals surface area (Å²) in [5.41, 5.74) is 2.41. The minimum absolute atomic E-state index is 0.185. The number of hydrogen-bond acceptors (Lipinski definition) is 5. The zero-order chi connectivity index (χ0) is 24.5.